The van der Waals surface area contributed by atoms with Gasteiger partial charge in [0.2, 0.25) is 0 Å². The lowest BCUT2D eigenvalue weighted by Crippen LogP contribution is -2.26. The van der Waals surface area contributed by atoms with Crippen molar-refractivity contribution in [3.05, 3.63) is 28.8 Å². The van der Waals surface area contributed by atoms with E-state index in [-0.39, 0.29) is 0 Å². The van der Waals surface area contributed by atoms with Crippen molar-refractivity contribution >= 4 is 23.4 Å². The Morgan fingerprint density at radius 2 is 2.31 bits per heavy atom. The fourth-order valence-electron chi connectivity index (χ4n) is 2.11. The quantitative estimate of drug-likeness (QED) is 0.884. The van der Waals surface area contributed by atoms with E-state index >= 15 is 0 Å². The Labute approximate surface area is 105 Å². The first-order chi connectivity index (χ1) is 7.55. The average molecular weight is 259 g/mol. The standard InChI is InChI=1S/C12H15ClO2S/c1-8-6-12(14,7-16-8)10-5-9(13)3-4-11(10)15-2/h3-5,8,14H,6-7H2,1-2H3. The first kappa shape index (κ1) is 12.1. The minimum Gasteiger partial charge on any atom is -0.496 e. The molecule has 2 nitrogen and oxygen atoms in total. The molecule has 1 heterocycles. The number of aliphatic hydroxyl groups is 1. The first-order valence-electron chi connectivity index (χ1n) is 5.23. The van der Waals surface area contributed by atoms with Gasteiger partial charge < -0.3 is 9.84 Å². The molecule has 0 spiro atoms. The fraction of sp³-hybridized carbons (Fsp3) is 0.500. The lowest BCUT2D eigenvalue weighted by atomic mass is 9.90. The smallest absolute Gasteiger partial charge is 0.125 e. The number of hydrogen-bond acceptors (Lipinski definition) is 3. The Kier molecular flexibility index (Phi) is 3.38. The van der Waals surface area contributed by atoms with Crippen molar-refractivity contribution in [1.29, 1.82) is 0 Å². The summed E-state index contributed by atoms with van der Waals surface area (Å²) in [4.78, 5) is 0. The Bertz CT molecular complexity index is 397. The molecular weight excluding hydrogens is 244 g/mol. The third-order valence-corrected chi connectivity index (χ3v) is 4.51. The predicted octanol–water partition coefficient (Wildman–Crippen LogP) is 3.06. The molecule has 1 saturated heterocycles. The molecule has 4 heteroatoms. The van der Waals surface area contributed by atoms with Gasteiger partial charge >= 0.3 is 0 Å². The van der Waals surface area contributed by atoms with Crippen LogP contribution >= 0.6 is 23.4 Å². The molecule has 1 N–H and O–H groups in total. The normalized spacial score (nSPS) is 29.4. The monoisotopic (exact) mass is 258 g/mol. The highest BCUT2D eigenvalue weighted by atomic mass is 35.5. The number of halogens is 1. The van der Waals surface area contributed by atoms with E-state index in [4.69, 9.17) is 16.3 Å². The Balaban J connectivity index is 2.42. The Morgan fingerprint density at radius 1 is 1.56 bits per heavy atom. The number of ether oxygens (including phenoxy) is 1. The number of hydrogen-bond donors (Lipinski definition) is 1. The van der Waals surface area contributed by atoms with E-state index in [9.17, 15) is 5.11 Å². The van der Waals surface area contributed by atoms with Gasteiger partial charge in [0.05, 0.1) is 7.11 Å². The average Bonchev–Trinajstić information content (AvgIpc) is 2.60. The van der Waals surface area contributed by atoms with Gasteiger partial charge in [-0.15, -0.1) is 0 Å². The third kappa shape index (κ3) is 2.17. The summed E-state index contributed by atoms with van der Waals surface area (Å²) in [6, 6.07) is 5.39. The second-order valence-corrected chi connectivity index (χ2v) is 6.07. The molecular formula is C12H15ClO2S. The van der Waals surface area contributed by atoms with E-state index in [2.05, 4.69) is 6.92 Å². The molecule has 1 fully saturated rings. The topological polar surface area (TPSA) is 29.5 Å². The second kappa shape index (κ2) is 4.47. The molecule has 1 aromatic carbocycles. The zero-order valence-electron chi connectivity index (χ0n) is 9.37. The van der Waals surface area contributed by atoms with Gasteiger partial charge in [-0.3, -0.25) is 0 Å². The number of benzene rings is 1. The minimum atomic E-state index is -0.805. The van der Waals surface area contributed by atoms with Gasteiger partial charge in [0.15, 0.2) is 0 Å². The second-order valence-electron chi connectivity index (χ2n) is 4.20. The van der Waals surface area contributed by atoms with Crippen LogP contribution in [0.25, 0.3) is 0 Å². The molecule has 0 aromatic heterocycles. The molecule has 1 aliphatic heterocycles. The zero-order chi connectivity index (χ0) is 11.8. The maximum Gasteiger partial charge on any atom is 0.125 e. The summed E-state index contributed by atoms with van der Waals surface area (Å²) in [7, 11) is 1.61. The van der Waals surface area contributed by atoms with Crippen LogP contribution in [0.1, 0.15) is 18.9 Å². The Hall–Kier alpha value is -0.380. The summed E-state index contributed by atoms with van der Waals surface area (Å²) in [5, 5.41) is 11.7. The molecule has 2 unspecified atom stereocenters. The van der Waals surface area contributed by atoms with E-state index in [1.54, 1.807) is 31.0 Å². The molecule has 0 saturated carbocycles. The van der Waals surface area contributed by atoms with Crippen LogP contribution in [0.4, 0.5) is 0 Å². The zero-order valence-corrected chi connectivity index (χ0v) is 10.9. The summed E-state index contributed by atoms with van der Waals surface area (Å²) in [6.07, 6.45) is 0.744. The fourth-order valence-corrected chi connectivity index (χ4v) is 3.50. The number of rotatable bonds is 2. The van der Waals surface area contributed by atoms with E-state index in [1.165, 1.54) is 0 Å². The highest BCUT2D eigenvalue weighted by Crippen LogP contribution is 2.45. The minimum absolute atomic E-state index is 0.466. The van der Waals surface area contributed by atoms with Crippen molar-refractivity contribution < 1.29 is 9.84 Å². The van der Waals surface area contributed by atoms with Crippen LogP contribution in [0.15, 0.2) is 18.2 Å². The predicted molar refractivity (Wildman–Crippen MR) is 68.4 cm³/mol. The molecule has 2 rings (SSSR count). The van der Waals surface area contributed by atoms with E-state index in [1.807, 2.05) is 6.07 Å². The van der Waals surface area contributed by atoms with Gasteiger partial charge in [-0.2, -0.15) is 11.8 Å². The summed E-state index contributed by atoms with van der Waals surface area (Å²) in [6.45, 7) is 2.12. The van der Waals surface area contributed by atoms with Crippen molar-refractivity contribution in [2.75, 3.05) is 12.9 Å². The molecule has 0 radical (unpaired) electrons. The third-order valence-electron chi connectivity index (χ3n) is 2.89. The van der Waals surface area contributed by atoms with E-state index in [0.717, 1.165) is 12.0 Å². The summed E-state index contributed by atoms with van der Waals surface area (Å²) in [5.74, 6) is 1.41. The van der Waals surface area contributed by atoms with Crippen molar-refractivity contribution in [2.45, 2.75) is 24.2 Å². The van der Waals surface area contributed by atoms with Gasteiger partial charge in [-0.25, -0.2) is 0 Å². The summed E-state index contributed by atoms with van der Waals surface area (Å²) >= 11 is 7.75. The van der Waals surface area contributed by atoms with Gasteiger partial charge in [0.1, 0.15) is 11.4 Å². The maximum atomic E-state index is 10.6. The van der Waals surface area contributed by atoms with Crippen LogP contribution in [-0.4, -0.2) is 23.2 Å². The highest BCUT2D eigenvalue weighted by Gasteiger charge is 2.39. The molecule has 0 bridgehead atoms. The van der Waals surface area contributed by atoms with Crippen molar-refractivity contribution in [3.63, 3.8) is 0 Å². The maximum absolute atomic E-state index is 10.6. The molecule has 1 aromatic rings. The number of methoxy groups -OCH3 is 1. The van der Waals surface area contributed by atoms with Crippen LogP contribution in [0, 0.1) is 0 Å². The van der Waals surface area contributed by atoms with Crippen LogP contribution in [-0.2, 0) is 5.60 Å². The molecule has 16 heavy (non-hydrogen) atoms. The number of thioether (sulfide) groups is 1. The summed E-state index contributed by atoms with van der Waals surface area (Å²) < 4.78 is 5.29. The SMILES string of the molecule is COc1ccc(Cl)cc1C1(O)CSC(C)C1. The molecule has 0 aliphatic carbocycles. The van der Waals surface area contributed by atoms with Crippen molar-refractivity contribution in [1.82, 2.24) is 0 Å². The van der Waals surface area contributed by atoms with Gasteiger partial charge in [0.25, 0.3) is 0 Å². The largest absolute Gasteiger partial charge is 0.496 e. The van der Waals surface area contributed by atoms with Gasteiger partial charge in [-0.05, 0) is 24.6 Å². The van der Waals surface area contributed by atoms with Crippen LogP contribution < -0.4 is 4.74 Å². The molecule has 88 valence electrons. The van der Waals surface area contributed by atoms with Crippen LogP contribution in [0.3, 0.4) is 0 Å². The molecule has 2 atom stereocenters. The van der Waals surface area contributed by atoms with Crippen molar-refractivity contribution in [3.8, 4) is 5.75 Å². The molecule has 0 amide bonds. The van der Waals surface area contributed by atoms with Crippen LogP contribution in [0.5, 0.6) is 5.75 Å². The first-order valence-corrected chi connectivity index (χ1v) is 6.66. The lowest BCUT2D eigenvalue weighted by Gasteiger charge is -2.24. The van der Waals surface area contributed by atoms with Crippen LogP contribution in [0.2, 0.25) is 5.02 Å². The Morgan fingerprint density at radius 3 is 2.88 bits per heavy atom. The summed E-state index contributed by atoms with van der Waals surface area (Å²) in [5.41, 5.74) is -0.000278. The van der Waals surface area contributed by atoms with E-state index < -0.39 is 5.60 Å². The molecule has 1 aliphatic rings. The van der Waals surface area contributed by atoms with Crippen molar-refractivity contribution in [2.24, 2.45) is 0 Å². The van der Waals surface area contributed by atoms with Gasteiger partial charge in [-0.1, -0.05) is 18.5 Å². The lowest BCUT2D eigenvalue weighted by molar-refractivity contribution is 0.0585. The van der Waals surface area contributed by atoms with E-state index in [0.29, 0.717) is 21.8 Å². The highest BCUT2D eigenvalue weighted by molar-refractivity contribution is 8.00. The van der Waals surface area contributed by atoms with Gasteiger partial charge in [0, 0.05) is 21.6 Å².